The molecule has 0 saturated heterocycles. The number of rotatable bonds is 7. The molecule has 0 spiro atoms. The van der Waals surface area contributed by atoms with E-state index in [1.807, 2.05) is 0 Å². The Morgan fingerprint density at radius 1 is 0.556 bits per heavy atom. The van der Waals surface area contributed by atoms with Crippen LogP contribution < -0.4 is 0 Å². The van der Waals surface area contributed by atoms with Gasteiger partial charge in [-0.25, -0.2) is 0 Å². The molecule has 0 aliphatic heterocycles. The van der Waals surface area contributed by atoms with Crippen molar-refractivity contribution in [3.8, 4) is 0 Å². The first-order chi connectivity index (χ1) is 8.95. The van der Waals surface area contributed by atoms with Gasteiger partial charge in [-0.15, -0.1) is 17.2 Å². The maximum atomic E-state index is 2.24. The summed E-state index contributed by atoms with van der Waals surface area (Å²) < 4.78 is 0. The summed E-state index contributed by atoms with van der Waals surface area (Å²) in [5.41, 5.74) is 2.98. The molecular weight excluding hydrogens is 254 g/mol. The van der Waals surface area contributed by atoms with Crippen LogP contribution >= 0.6 is 17.2 Å². The SMILES string of the molecule is c1ccc(CPCCPCc2ccccc2)cc1. The van der Waals surface area contributed by atoms with Crippen LogP contribution in [0.4, 0.5) is 0 Å². The van der Waals surface area contributed by atoms with Crippen LogP contribution in [0, 0.1) is 0 Å². The van der Waals surface area contributed by atoms with Gasteiger partial charge in [-0.1, -0.05) is 60.7 Å². The molecule has 2 heteroatoms. The highest BCUT2D eigenvalue weighted by Crippen LogP contribution is 2.24. The maximum absolute atomic E-state index is 2.24. The van der Waals surface area contributed by atoms with Gasteiger partial charge in [-0.2, -0.15) is 0 Å². The van der Waals surface area contributed by atoms with Crippen molar-refractivity contribution in [3.63, 3.8) is 0 Å². The summed E-state index contributed by atoms with van der Waals surface area (Å²) in [6, 6.07) is 21.7. The summed E-state index contributed by atoms with van der Waals surface area (Å²) in [6.45, 7) is 0. The summed E-state index contributed by atoms with van der Waals surface area (Å²) in [5.74, 6) is 0. The smallest absolute Gasteiger partial charge is 0.0100 e. The van der Waals surface area contributed by atoms with Crippen LogP contribution in [0.2, 0.25) is 0 Å². The molecule has 0 heterocycles. The minimum absolute atomic E-state index is 1.08. The fourth-order valence-corrected chi connectivity index (χ4v) is 4.65. The van der Waals surface area contributed by atoms with E-state index in [0.29, 0.717) is 0 Å². The van der Waals surface area contributed by atoms with Crippen molar-refractivity contribution >= 4 is 17.2 Å². The number of benzene rings is 2. The maximum Gasteiger partial charge on any atom is -0.0100 e. The quantitative estimate of drug-likeness (QED) is 0.505. The molecule has 0 nitrogen and oxygen atoms in total. The van der Waals surface area contributed by atoms with Crippen molar-refractivity contribution in [3.05, 3.63) is 71.8 Å². The lowest BCUT2D eigenvalue weighted by Gasteiger charge is -2.03. The Balaban J connectivity index is 1.54. The summed E-state index contributed by atoms with van der Waals surface area (Å²) in [4.78, 5) is 0. The molecule has 0 amide bonds. The molecule has 0 saturated carbocycles. The van der Waals surface area contributed by atoms with Gasteiger partial charge in [0.05, 0.1) is 0 Å². The Labute approximate surface area is 114 Å². The third-order valence-electron chi connectivity index (χ3n) is 2.82. The zero-order chi connectivity index (χ0) is 12.5. The van der Waals surface area contributed by atoms with Crippen molar-refractivity contribution < 1.29 is 0 Å². The molecule has 18 heavy (non-hydrogen) atoms. The Bertz CT molecular complexity index is 382. The Kier molecular flexibility index (Phi) is 6.41. The molecule has 0 aromatic heterocycles. The van der Waals surface area contributed by atoms with Crippen molar-refractivity contribution in [2.24, 2.45) is 0 Å². The van der Waals surface area contributed by atoms with Gasteiger partial charge in [0.1, 0.15) is 0 Å². The summed E-state index contributed by atoms with van der Waals surface area (Å²) in [7, 11) is 2.17. The predicted molar refractivity (Wildman–Crippen MR) is 86.7 cm³/mol. The van der Waals surface area contributed by atoms with Crippen LogP contribution in [0.25, 0.3) is 0 Å². The minimum Gasteiger partial charge on any atom is -0.117 e. The number of hydrogen-bond acceptors (Lipinski definition) is 0. The van der Waals surface area contributed by atoms with Crippen molar-refractivity contribution in [2.75, 3.05) is 12.3 Å². The molecule has 0 aliphatic carbocycles. The average molecular weight is 274 g/mol. The van der Waals surface area contributed by atoms with E-state index in [1.165, 1.54) is 35.8 Å². The summed E-state index contributed by atoms with van der Waals surface area (Å²) in [5, 5.41) is 0. The average Bonchev–Trinajstić information content (AvgIpc) is 2.45. The molecule has 2 rings (SSSR count). The van der Waals surface area contributed by atoms with E-state index in [0.717, 1.165) is 17.2 Å². The molecular formula is C16H20P2. The van der Waals surface area contributed by atoms with Gasteiger partial charge in [-0.3, -0.25) is 0 Å². The van der Waals surface area contributed by atoms with Crippen LogP contribution in [0.15, 0.2) is 60.7 Å². The molecule has 2 atom stereocenters. The van der Waals surface area contributed by atoms with E-state index in [9.17, 15) is 0 Å². The lowest BCUT2D eigenvalue weighted by molar-refractivity contribution is 1.36. The first-order valence-electron chi connectivity index (χ1n) is 6.44. The van der Waals surface area contributed by atoms with Gasteiger partial charge < -0.3 is 0 Å². The van der Waals surface area contributed by atoms with Gasteiger partial charge >= 0.3 is 0 Å². The monoisotopic (exact) mass is 274 g/mol. The highest BCUT2D eigenvalue weighted by Gasteiger charge is 1.94. The van der Waals surface area contributed by atoms with E-state index in [1.54, 1.807) is 0 Å². The second-order valence-corrected chi connectivity index (χ2v) is 7.03. The standard InChI is InChI=1S/C16H20P2/c1-3-7-15(8-4-1)13-17-11-12-18-14-16-9-5-2-6-10-16/h1-10,17-18H,11-14H2. The zero-order valence-corrected chi connectivity index (χ0v) is 12.6. The summed E-state index contributed by atoms with van der Waals surface area (Å²) >= 11 is 0. The zero-order valence-electron chi connectivity index (χ0n) is 10.6. The topological polar surface area (TPSA) is 0 Å². The first kappa shape index (κ1) is 13.7. The normalized spacial score (nSPS) is 11.8. The first-order valence-corrected chi connectivity index (χ1v) is 9.27. The lowest BCUT2D eigenvalue weighted by atomic mass is 10.2. The van der Waals surface area contributed by atoms with E-state index < -0.39 is 0 Å². The largest absolute Gasteiger partial charge is 0.117 e. The van der Waals surface area contributed by atoms with Gasteiger partial charge in [0.15, 0.2) is 0 Å². The third kappa shape index (κ3) is 5.30. The molecule has 0 N–H and O–H groups in total. The molecule has 0 radical (unpaired) electrons. The molecule has 0 aliphatic rings. The van der Waals surface area contributed by atoms with Crippen molar-refractivity contribution in [1.82, 2.24) is 0 Å². The van der Waals surface area contributed by atoms with Crippen LogP contribution in [-0.4, -0.2) is 12.3 Å². The molecule has 94 valence electrons. The van der Waals surface area contributed by atoms with Crippen molar-refractivity contribution in [2.45, 2.75) is 12.3 Å². The van der Waals surface area contributed by atoms with Gasteiger partial charge in [0.2, 0.25) is 0 Å². The molecule has 2 aromatic carbocycles. The second kappa shape index (κ2) is 8.41. The van der Waals surface area contributed by atoms with Gasteiger partial charge in [0, 0.05) is 0 Å². The van der Waals surface area contributed by atoms with E-state index in [4.69, 9.17) is 0 Å². The highest BCUT2D eigenvalue weighted by atomic mass is 31.1. The fraction of sp³-hybridized carbons (Fsp3) is 0.250. The minimum atomic E-state index is 1.08. The molecule has 0 bridgehead atoms. The lowest BCUT2D eigenvalue weighted by Crippen LogP contribution is -1.84. The van der Waals surface area contributed by atoms with Gasteiger partial charge in [0.25, 0.3) is 0 Å². The Morgan fingerprint density at radius 3 is 1.33 bits per heavy atom. The van der Waals surface area contributed by atoms with Crippen LogP contribution in [0.1, 0.15) is 11.1 Å². The van der Waals surface area contributed by atoms with Gasteiger partial charge in [-0.05, 0) is 35.8 Å². The van der Waals surface area contributed by atoms with Crippen molar-refractivity contribution in [1.29, 1.82) is 0 Å². The Hall–Kier alpha value is -0.700. The molecule has 2 unspecified atom stereocenters. The van der Waals surface area contributed by atoms with E-state index in [-0.39, 0.29) is 0 Å². The van der Waals surface area contributed by atoms with Crippen LogP contribution in [0.5, 0.6) is 0 Å². The fourth-order valence-electron chi connectivity index (χ4n) is 1.83. The predicted octanol–water partition coefficient (Wildman–Crippen LogP) is 4.74. The molecule has 2 aromatic rings. The summed E-state index contributed by atoms with van der Waals surface area (Å²) in [6.07, 6.45) is 5.30. The van der Waals surface area contributed by atoms with Crippen LogP contribution in [0.3, 0.4) is 0 Å². The van der Waals surface area contributed by atoms with E-state index in [2.05, 4.69) is 60.7 Å². The third-order valence-corrected chi connectivity index (χ3v) is 5.85. The molecule has 0 fully saturated rings. The Morgan fingerprint density at radius 2 is 0.944 bits per heavy atom. The van der Waals surface area contributed by atoms with E-state index >= 15 is 0 Å². The second-order valence-electron chi connectivity index (χ2n) is 4.32. The highest BCUT2D eigenvalue weighted by molar-refractivity contribution is 7.41. The number of hydrogen-bond donors (Lipinski definition) is 0. The van der Waals surface area contributed by atoms with Crippen LogP contribution in [-0.2, 0) is 12.3 Å².